The number of piperidine rings is 1. The van der Waals surface area contributed by atoms with Crippen LogP contribution in [0.1, 0.15) is 19.8 Å². The first-order valence-electron chi connectivity index (χ1n) is 9.28. The van der Waals surface area contributed by atoms with Crippen molar-refractivity contribution in [3.63, 3.8) is 0 Å². The lowest BCUT2D eigenvalue weighted by Gasteiger charge is -2.31. The minimum absolute atomic E-state index is 0.00736. The van der Waals surface area contributed by atoms with Crippen LogP contribution in [0.15, 0.2) is 18.6 Å². The summed E-state index contributed by atoms with van der Waals surface area (Å²) in [7, 11) is 0. The maximum Gasteiger partial charge on any atom is 0.216 e. The predicted molar refractivity (Wildman–Crippen MR) is 111 cm³/mol. The molecule has 0 radical (unpaired) electrons. The van der Waals surface area contributed by atoms with Crippen molar-refractivity contribution in [3.05, 3.63) is 24.4 Å². The van der Waals surface area contributed by atoms with Crippen LogP contribution in [0.3, 0.4) is 0 Å². The summed E-state index contributed by atoms with van der Waals surface area (Å²) in [6, 6.07) is 1.58. The number of nitrogen functional groups attached to an aromatic ring is 1. The Balaban J connectivity index is 1.53. The molecule has 9 nitrogen and oxygen atoms in total. The molecule has 1 amide bonds. The van der Waals surface area contributed by atoms with Gasteiger partial charge in [0, 0.05) is 32.6 Å². The molecule has 0 spiro atoms. The van der Waals surface area contributed by atoms with Crippen LogP contribution in [0.4, 0.5) is 27.0 Å². The quantitative estimate of drug-likeness (QED) is 0.579. The van der Waals surface area contributed by atoms with Crippen LogP contribution in [0.5, 0.6) is 0 Å². The van der Waals surface area contributed by atoms with Crippen molar-refractivity contribution in [2.75, 3.05) is 35.6 Å². The van der Waals surface area contributed by atoms with Crippen molar-refractivity contribution < 1.29 is 9.18 Å². The van der Waals surface area contributed by atoms with Gasteiger partial charge < -0.3 is 21.3 Å². The number of carbonyl (C=O) groups excluding carboxylic acids is 1. The molecule has 4 N–H and O–H groups in total. The van der Waals surface area contributed by atoms with E-state index in [0.29, 0.717) is 34.6 Å². The minimum atomic E-state index is -0.462. The first kappa shape index (κ1) is 19.2. The number of thiazole rings is 1. The Bertz CT molecular complexity index is 1030. The number of anilines is 4. The molecule has 29 heavy (non-hydrogen) atoms. The predicted octanol–water partition coefficient (Wildman–Crippen LogP) is 2.30. The Morgan fingerprint density at radius 3 is 2.86 bits per heavy atom. The van der Waals surface area contributed by atoms with Gasteiger partial charge in [0.1, 0.15) is 28.2 Å². The monoisotopic (exact) mass is 416 g/mol. The first-order valence-corrected chi connectivity index (χ1v) is 10.1. The molecule has 0 aliphatic carbocycles. The van der Waals surface area contributed by atoms with Gasteiger partial charge in [-0.15, -0.1) is 0 Å². The van der Waals surface area contributed by atoms with Crippen LogP contribution >= 0.6 is 11.3 Å². The van der Waals surface area contributed by atoms with Gasteiger partial charge in [-0.05, 0) is 18.8 Å². The fourth-order valence-corrected chi connectivity index (χ4v) is 4.35. The van der Waals surface area contributed by atoms with E-state index >= 15 is 0 Å². The SMILES string of the molecule is CC(=O)NCC1CCN(c2nc3c(F)cnc(Nc4cc(N)ncn4)c3s2)CC1. The van der Waals surface area contributed by atoms with E-state index in [2.05, 4.69) is 35.5 Å². The third-order valence-electron chi connectivity index (χ3n) is 4.82. The topological polar surface area (TPSA) is 122 Å². The fraction of sp³-hybridized carbons (Fsp3) is 0.389. The summed E-state index contributed by atoms with van der Waals surface area (Å²) in [6.07, 6.45) is 4.39. The number of pyridine rings is 1. The van der Waals surface area contributed by atoms with Gasteiger partial charge in [0.2, 0.25) is 5.91 Å². The average Bonchev–Trinajstić information content (AvgIpc) is 3.16. The molecule has 0 atom stereocenters. The highest BCUT2D eigenvalue weighted by Gasteiger charge is 2.23. The number of nitrogens with two attached hydrogens (primary N) is 1. The van der Waals surface area contributed by atoms with Crippen LogP contribution in [-0.2, 0) is 4.79 Å². The number of hydrogen-bond donors (Lipinski definition) is 3. The van der Waals surface area contributed by atoms with Crippen LogP contribution in [-0.4, -0.2) is 45.5 Å². The summed E-state index contributed by atoms with van der Waals surface area (Å²) in [6.45, 7) is 3.84. The zero-order valence-electron chi connectivity index (χ0n) is 15.9. The van der Waals surface area contributed by atoms with Gasteiger partial charge in [-0.25, -0.2) is 24.3 Å². The van der Waals surface area contributed by atoms with Crippen molar-refractivity contribution in [2.45, 2.75) is 19.8 Å². The highest BCUT2D eigenvalue weighted by molar-refractivity contribution is 7.22. The number of nitrogens with zero attached hydrogens (tertiary/aromatic N) is 5. The van der Waals surface area contributed by atoms with E-state index in [0.717, 1.165) is 37.3 Å². The fourth-order valence-electron chi connectivity index (χ4n) is 3.27. The maximum absolute atomic E-state index is 14.3. The Morgan fingerprint density at radius 2 is 2.14 bits per heavy atom. The van der Waals surface area contributed by atoms with E-state index in [4.69, 9.17) is 5.73 Å². The van der Waals surface area contributed by atoms with E-state index in [1.165, 1.54) is 24.6 Å². The number of rotatable bonds is 5. The molecule has 0 bridgehead atoms. The molecule has 1 aliphatic rings. The number of nitrogens with one attached hydrogen (secondary N) is 2. The third kappa shape index (κ3) is 4.34. The van der Waals surface area contributed by atoms with Crippen molar-refractivity contribution in [1.29, 1.82) is 0 Å². The average molecular weight is 416 g/mol. The smallest absolute Gasteiger partial charge is 0.216 e. The Kier molecular flexibility index (Phi) is 5.38. The van der Waals surface area contributed by atoms with E-state index in [-0.39, 0.29) is 11.4 Å². The highest BCUT2D eigenvalue weighted by atomic mass is 32.1. The second-order valence-electron chi connectivity index (χ2n) is 6.95. The van der Waals surface area contributed by atoms with E-state index in [1.807, 2.05) is 0 Å². The molecule has 152 valence electrons. The molecule has 3 aromatic rings. The summed E-state index contributed by atoms with van der Waals surface area (Å²) in [5.74, 6) is 1.26. The maximum atomic E-state index is 14.3. The molecule has 4 rings (SSSR count). The number of fused-ring (bicyclic) bond motifs is 1. The first-order chi connectivity index (χ1) is 14.0. The van der Waals surface area contributed by atoms with Gasteiger partial charge in [0.15, 0.2) is 16.8 Å². The molecule has 1 fully saturated rings. The summed E-state index contributed by atoms with van der Waals surface area (Å²) in [5, 5.41) is 6.71. The lowest BCUT2D eigenvalue weighted by Crippen LogP contribution is -2.38. The molecule has 3 aromatic heterocycles. The number of hydrogen-bond acceptors (Lipinski definition) is 9. The molecule has 4 heterocycles. The van der Waals surface area contributed by atoms with Crippen molar-refractivity contribution in [2.24, 2.45) is 5.92 Å². The van der Waals surface area contributed by atoms with Gasteiger partial charge in [-0.3, -0.25) is 4.79 Å². The molecule has 1 saturated heterocycles. The summed E-state index contributed by atoms with van der Waals surface area (Å²) < 4.78 is 15.0. The number of amides is 1. The highest BCUT2D eigenvalue weighted by Crippen LogP contribution is 2.36. The van der Waals surface area contributed by atoms with Crippen LogP contribution in [0.25, 0.3) is 10.2 Å². The van der Waals surface area contributed by atoms with Gasteiger partial charge in [-0.2, -0.15) is 0 Å². The van der Waals surface area contributed by atoms with Crippen LogP contribution in [0.2, 0.25) is 0 Å². The number of aromatic nitrogens is 4. The zero-order chi connectivity index (χ0) is 20.4. The summed E-state index contributed by atoms with van der Waals surface area (Å²) in [4.78, 5) is 29.9. The van der Waals surface area contributed by atoms with Crippen LogP contribution in [0, 0.1) is 11.7 Å². The van der Waals surface area contributed by atoms with E-state index < -0.39 is 5.82 Å². The molecule has 0 unspecified atom stereocenters. The second kappa shape index (κ2) is 8.11. The summed E-state index contributed by atoms with van der Waals surface area (Å²) in [5.41, 5.74) is 5.97. The second-order valence-corrected chi connectivity index (χ2v) is 7.93. The van der Waals surface area contributed by atoms with Crippen molar-refractivity contribution in [3.8, 4) is 0 Å². The van der Waals surface area contributed by atoms with Gasteiger partial charge in [0.25, 0.3) is 0 Å². The third-order valence-corrected chi connectivity index (χ3v) is 5.95. The standard InChI is InChI=1S/C18H21FN8OS/c1-10(28)21-7-11-2-4-27(5-3-11)18-26-15-12(19)8-22-17(16(15)29-18)25-14-6-13(20)23-9-24-14/h6,8-9,11H,2-5,7H2,1H3,(H,21,28)(H3,20,22,23,24,25). The molecule has 11 heteroatoms. The molecular weight excluding hydrogens is 395 g/mol. The lowest BCUT2D eigenvalue weighted by molar-refractivity contribution is -0.119. The minimum Gasteiger partial charge on any atom is -0.384 e. The van der Waals surface area contributed by atoms with Crippen molar-refractivity contribution >= 4 is 50.0 Å². The normalized spacial score (nSPS) is 14.9. The van der Waals surface area contributed by atoms with E-state index in [1.54, 1.807) is 6.07 Å². The van der Waals surface area contributed by atoms with Gasteiger partial charge in [-0.1, -0.05) is 11.3 Å². The molecular formula is C18H21FN8OS. The summed E-state index contributed by atoms with van der Waals surface area (Å²) >= 11 is 1.39. The zero-order valence-corrected chi connectivity index (χ0v) is 16.7. The van der Waals surface area contributed by atoms with Crippen LogP contribution < -0.4 is 21.3 Å². The molecule has 1 aliphatic heterocycles. The number of carbonyl (C=O) groups is 1. The largest absolute Gasteiger partial charge is 0.384 e. The Hall–Kier alpha value is -3.08. The van der Waals surface area contributed by atoms with Gasteiger partial charge in [0.05, 0.1) is 6.20 Å². The molecule has 0 saturated carbocycles. The molecule has 0 aromatic carbocycles. The lowest BCUT2D eigenvalue weighted by atomic mass is 9.97. The van der Waals surface area contributed by atoms with Crippen molar-refractivity contribution in [1.82, 2.24) is 25.3 Å². The number of halogens is 1. The Labute approximate surface area is 170 Å². The van der Waals surface area contributed by atoms with E-state index in [9.17, 15) is 9.18 Å². The van der Waals surface area contributed by atoms with Gasteiger partial charge >= 0.3 is 0 Å². The Morgan fingerprint density at radius 1 is 1.34 bits per heavy atom.